The Morgan fingerprint density at radius 3 is 2.85 bits per heavy atom. The molecule has 1 unspecified atom stereocenters. The van der Waals surface area contributed by atoms with Crippen molar-refractivity contribution in [2.45, 2.75) is 19.0 Å². The summed E-state index contributed by atoms with van der Waals surface area (Å²) >= 11 is 0. The first-order chi connectivity index (χ1) is 9.78. The Balaban J connectivity index is 1.88. The topological polar surface area (TPSA) is 15.3 Å². The van der Waals surface area contributed by atoms with E-state index < -0.39 is 0 Å². The molecule has 0 aromatic heterocycles. The van der Waals surface area contributed by atoms with Crippen LogP contribution >= 0.6 is 0 Å². The standard InChI is InChI=1S/C17H19FN2/c1-19-16-9-10-20(17-8-3-2-7-15(16)17)12-13-5-4-6-14(18)11-13/h2-8,11,16,19H,9-10,12H2,1H3. The quantitative estimate of drug-likeness (QED) is 0.918. The van der Waals surface area contributed by atoms with Gasteiger partial charge in [-0.25, -0.2) is 4.39 Å². The zero-order valence-electron chi connectivity index (χ0n) is 11.6. The van der Waals surface area contributed by atoms with Crippen molar-refractivity contribution < 1.29 is 4.39 Å². The molecule has 3 heteroatoms. The number of para-hydroxylation sites is 1. The van der Waals surface area contributed by atoms with Crippen LogP contribution in [0.1, 0.15) is 23.6 Å². The molecule has 20 heavy (non-hydrogen) atoms. The number of nitrogens with one attached hydrogen (secondary N) is 1. The van der Waals surface area contributed by atoms with Crippen LogP contribution in [0.4, 0.5) is 10.1 Å². The van der Waals surface area contributed by atoms with Gasteiger partial charge in [0, 0.05) is 24.8 Å². The van der Waals surface area contributed by atoms with Crippen LogP contribution in [0.25, 0.3) is 0 Å². The number of nitrogens with zero attached hydrogens (tertiary/aromatic N) is 1. The second-order valence-electron chi connectivity index (χ2n) is 5.24. The molecule has 1 heterocycles. The minimum Gasteiger partial charge on any atom is -0.367 e. The Labute approximate surface area is 119 Å². The van der Waals surface area contributed by atoms with Crippen LogP contribution in [-0.2, 0) is 6.54 Å². The molecule has 0 saturated carbocycles. The van der Waals surface area contributed by atoms with Crippen LogP contribution in [0, 0.1) is 5.82 Å². The number of anilines is 1. The first-order valence-corrected chi connectivity index (χ1v) is 7.03. The Kier molecular flexibility index (Phi) is 3.70. The fourth-order valence-electron chi connectivity index (χ4n) is 2.95. The lowest BCUT2D eigenvalue weighted by atomic mass is 9.96. The van der Waals surface area contributed by atoms with Gasteiger partial charge in [0.1, 0.15) is 5.82 Å². The largest absolute Gasteiger partial charge is 0.367 e. The van der Waals surface area contributed by atoms with E-state index in [-0.39, 0.29) is 5.82 Å². The number of hydrogen-bond donors (Lipinski definition) is 1. The molecule has 1 atom stereocenters. The van der Waals surface area contributed by atoms with Gasteiger partial charge in [-0.3, -0.25) is 0 Å². The Bertz CT molecular complexity index is 597. The highest BCUT2D eigenvalue weighted by Crippen LogP contribution is 2.34. The van der Waals surface area contributed by atoms with Crippen molar-refractivity contribution in [3.05, 3.63) is 65.5 Å². The Morgan fingerprint density at radius 2 is 2.05 bits per heavy atom. The maximum atomic E-state index is 13.3. The van der Waals surface area contributed by atoms with Crippen LogP contribution < -0.4 is 10.2 Å². The second-order valence-corrected chi connectivity index (χ2v) is 5.24. The number of halogens is 1. The van der Waals surface area contributed by atoms with Gasteiger partial charge in [0.05, 0.1) is 0 Å². The molecular formula is C17H19FN2. The molecule has 2 aromatic carbocycles. The molecule has 1 aliphatic rings. The van der Waals surface area contributed by atoms with Gasteiger partial charge in [-0.1, -0.05) is 30.3 Å². The molecule has 0 radical (unpaired) electrons. The van der Waals surface area contributed by atoms with Gasteiger partial charge in [-0.2, -0.15) is 0 Å². The van der Waals surface area contributed by atoms with Crippen molar-refractivity contribution in [3.63, 3.8) is 0 Å². The normalized spacial score (nSPS) is 17.9. The lowest BCUT2D eigenvalue weighted by molar-refractivity contribution is 0.515. The second kappa shape index (κ2) is 5.63. The molecule has 0 aliphatic carbocycles. The SMILES string of the molecule is CNC1CCN(Cc2cccc(F)c2)c2ccccc21. The highest BCUT2D eigenvalue weighted by Gasteiger charge is 2.23. The zero-order chi connectivity index (χ0) is 13.9. The first-order valence-electron chi connectivity index (χ1n) is 7.03. The van der Waals surface area contributed by atoms with Gasteiger partial charge in [0.15, 0.2) is 0 Å². The monoisotopic (exact) mass is 270 g/mol. The van der Waals surface area contributed by atoms with E-state index in [9.17, 15) is 4.39 Å². The molecule has 1 N–H and O–H groups in total. The van der Waals surface area contributed by atoms with Crippen molar-refractivity contribution in [2.24, 2.45) is 0 Å². The molecule has 0 fully saturated rings. The van der Waals surface area contributed by atoms with Gasteiger partial charge in [-0.15, -0.1) is 0 Å². The third kappa shape index (κ3) is 2.54. The summed E-state index contributed by atoms with van der Waals surface area (Å²) in [6, 6.07) is 15.7. The van der Waals surface area contributed by atoms with Crippen molar-refractivity contribution in [3.8, 4) is 0 Å². The summed E-state index contributed by atoms with van der Waals surface area (Å²) < 4.78 is 13.3. The van der Waals surface area contributed by atoms with Gasteiger partial charge >= 0.3 is 0 Å². The molecule has 1 aliphatic heterocycles. The highest BCUT2D eigenvalue weighted by atomic mass is 19.1. The van der Waals surface area contributed by atoms with E-state index in [1.54, 1.807) is 12.1 Å². The molecule has 3 rings (SSSR count). The molecule has 0 saturated heterocycles. The van der Waals surface area contributed by atoms with Gasteiger partial charge in [0.25, 0.3) is 0 Å². The van der Waals surface area contributed by atoms with E-state index in [2.05, 4.69) is 34.5 Å². The van der Waals surface area contributed by atoms with E-state index >= 15 is 0 Å². The minimum atomic E-state index is -0.166. The highest BCUT2D eigenvalue weighted by molar-refractivity contribution is 5.57. The number of fused-ring (bicyclic) bond motifs is 1. The van der Waals surface area contributed by atoms with Gasteiger partial charge < -0.3 is 10.2 Å². The molecule has 0 bridgehead atoms. The molecular weight excluding hydrogens is 251 g/mol. The molecule has 2 aromatic rings. The smallest absolute Gasteiger partial charge is 0.123 e. The minimum absolute atomic E-state index is 0.166. The van der Waals surface area contributed by atoms with Crippen molar-refractivity contribution in [2.75, 3.05) is 18.5 Å². The number of rotatable bonds is 3. The number of hydrogen-bond acceptors (Lipinski definition) is 2. The van der Waals surface area contributed by atoms with Crippen LogP contribution in [-0.4, -0.2) is 13.6 Å². The first kappa shape index (κ1) is 13.1. The summed E-state index contributed by atoms with van der Waals surface area (Å²) in [5.41, 5.74) is 3.60. The average Bonchev–Trinajstić information content (AvgIpc) is 2.48. The van der Waals surface area contributed by atoms with E-state index in [0.717, 1.165) is 25.1 Å². The molecule has 0 amide bonds. The summed E-state index contributed by atoms with van der Waals surface area (Å²) in [4.78, 5) is 2.33. The van der Waals surface area contributed by atoms with E-state index in [4.69, 9.17) is 0 Å². The predicted octanol–water partition coefficient (Wildman–Crippen LogP) is 3.50. The lowest BCUT2D eigenvalue weighted by Gasteiger charge is -2.35. The summed E-state index contributed by atoms with van der Waals surface area (Å²) in [7, 11) is 2.00. The Hall–Kier alpha value is -1.87. The fraction of sp³-hybridized carbons (Fsp3) is 0.294. The van der Waals surface area contributed by atoms with Crippen molar-refractivity contribution in [1.82, 2.24) is 5.32 Å². The van der Waals surface area contributed by atoms with Crippen LogP contribution in [0.5, 0.6) is 0 Å². The van der Waals surface area contributed by atoms with Gasteiger partial charge in [-0.05, 0) is 42.8 Å². The summed E-state index contributed by atoms with van der Waals surface area (Å²) in [5.74, 6) is -0.166. The summed E-state index contributed by atoms with van der Waals surface area (Å²) in [6.07, 6.45) is 1.07. The average molecular weight is 270 g/mol. The Morgan fingerprint density at radius 1 is 1.20 bits per heavy atom. The van der Waals surface area contributed by atoms with Crippen LogP contribution in [0.2, 0.25) is 0 Å². The fourth-order valence-corrected chi connectivity index (χ4v) is 2.95. The maximum absolute atomic E-state index is 13.3. The molecule has 104 valence electrons. The molecule has 2 nitrogen and oxygen atoms in total. The lowest BCUT2D eigenvalue weighted by Crippen LogP contribution is -2.34. The van der Waals surface area contributed by atoms with E-state index in [1.807, 2.05) is 13.1 Å². The third-order valence-electron chi connectivity index (χ3n) is 3.95. The van der Waals surface area contributed by atoms with Crippen LogP contribution in [0.3, 0.4) is 0 Å². The predicted molar refractivity (Wildman–Crippen MR) is 80.3 cm³/mol. The van der Waals surface area contributed by atoms with E-state index in [1.165, 1.54) is 17.3 Å². The maximum Gasteiger partial charge on any atom is 0.123 e. The van der Waals surface area contributed by atoms with E-state index in [0.29, 0.717) is 6.04 Å². The van der Waals surface area contributed by atoms with Crippen molar-refractivity contribution in [1.29, 1.82) is 0 Å². The summed E-state index contributed by atoms with van der Waals surface area (Å²) in [6.45, 7) is 1.74. The van der Waals surface area contributed by atoms with Crippen LogP contribution in [0.15, 0.2) is 48.5 Å². The molecule has 0 spiro atoms. The zero-order valence-corrected chi connectivity index (χ0v) is 11.6. The number of benzene rings is 2. The van der Waals surface area contributed by atoms with Crippen molar-refractivity contribution >= 4 is 5.69 Å². The summed E-state index contributed by atoms with van der Waals surface area (Å²) in [5, 5.41) is 3.37. The third-order valence-corrected chi connectivity index (χ3v) is 3.95. The van der Waals surface area contributed by atoms with Gasteiger partial charge in [0.2, 0.25) is 0 Å².